The Balaban J connectivity index is 0.000000771. The monoisotopic (exact) mass is 243 g/mol. The Morgan fingerprint density at radius 1 is 1.22 bits per heavy atom. The number of rotatable bonds is 2. The van der Waals surface area contributed by atoms with Crippen LogP contribution < -0.4 is 0 Å². The summed E-state index contributed by atoms with van der Waals surface area (Å²) in [6, 6.07) is 6.64. The maximum absolute atomic E-state index is 3.45. The van der Waals surface area contributed by atoms with Gasteiger partial charge >= 0.3 is 0 Å². The van der Waals surface area contributed by atoms with Gasteiger partial charge in [-0.2, -0.15) is 0 Å². The van der Waals surface area contributed by atoms with E-state index in [2.05, 4.69) is 57.0 Å². The van der Waals surface area contributed by atoms with E-state index in [-0.39, 0.29) is 0 Å². The molecule has 0 radical (unpaired) electrons. The predicted octanol–water partition coefficient (Wildman–Crippen LogP) is 5.49. The third-order valence-corrected chi connectivity index (χ3v) is 3.00. The van der Waals surface area contributed by atoms with Crippen molar-refractivity contribution in [3.8, 4) is 0 Å². The zero-order valence-electron chi connectivity index (χ0n) is 12.5. The fraction of sp³-hybridized carbons (Fsp3) is 0.412. The molecular formula is C17H25N. The van der Waals surface area contributed by atoms with E-state index in [1.807, 2.05) is 13.8 Å². The van der Waals surface area contributed by atoms with E-state index in [0.717, 1.165) is 6.42 Å². The molecule has 2 rings (SSSR count). The van der Waals surface area contributed by atoms with E-state index in [1.54, 1.807) is 0 Å². The standard InChI is InChI=1S/C15H19N.C2H6/c1-5-13-9-14-11(4)12(8-10(2)3)6-7-15(14)16-13;1-2/h6-9,16H,5H2,1-4H3;1-2H3. The first-order chi connectivity index (χ1) is 8.61. The number of hydrogen-bond donors (Lipinski definition) is 1. The van der Waals surface area contributed by atoms with Crippen LogP contribution in [0.2, 0.25) is 0 Å². The lowest BCUT2D eigenvalue weighted by atomic mass is 10.0. The van der Waals surface area contributed by atoms with Crippen molar-refractivity contribution < 1.29 is 0 Å². The van der Waals surface area contributed by atoms with Gasteiger partial charge in [0.2, 0.25) is 0 Å². The molecule has 0 spiro atoms. The Hall–Kier alpha value is -1.50. The molecule has 0 atom stereocenters. The SMILES string of the molecule is CC.CCc1cc2c(C)c(C=C(C)C)ccc2[nH]1. The second kappa shape index (κ2) is 6.44. The predicted molar refractivity (Wildman–Crippen MR) is 83.1 cm³/mol. The summed E-state index contributed by atoms with van der Waals surface area (Å²) in [7, 11) is 0. The average Bonchev–Trinajstić information content (AvgIpc) is 2.79. The lowest BCUT2D eigenvalue weighted by Crippen LogP contribution is -1.82. The summed E-state index contributed by atoms with van der Waals surface area (Å²) in [5.74, 6) is 0. The number of fused-ring (bicyclic) bond motifs is 1. The van der Waals surface area contributed by atoms with E-state index in [4.69, 9.17) is 0 Å². The van der Waals surface area contributed by atoms with Crippen molar-refractivity contribution in [3.05, 3.63) is 40.6 Å². The van der Waals surface area contributed by atoms with Gasteiger partial charge in [-0.1, -0.05) is 38.5 Å². The molecule has 1 heterocycles. The Kier molecular flexibility index (Phi) is 5.21. The highest BCUT2D eigenvalue weighted by Crippen LogP contribution is 2.24. The van der Waals surface area contributed by atoms with Gasteiger partial charge in [0.15, 0.2) is 0 Å². The van der Waals surface area contributed by atoms with Gasteiger partial charge < -0.3 is 4.98 Å². The van der Waals surface area contributed by atoms with Gasteiger partial charge in [0.25, 0.3) is 0 Å². The van der Waals surface area contributed by atoms with Crippen molar-refractivity contribution in [2.75, 3.05) is 0 Å². The summed E-state index contributed by atoms with van der Waals surface area (Å²) < 4.78 is 0. The number of hydrogen-bond acceptors (Lipinski definition) is 0. The first kappa shape index (κ1) is 14.6. The lowest BCUT2D eigenvalue weighted by Gasteiger charge is -2.02. The third kappa shape index (κ3) is 3.04. The van der Waals surface area contributed by atoms with Gasteiger partial charge in [0.1, 0.15) is 0 Å². The number of aromatic amines is 1. The van der Waals surface area contributed by atoms with E-state index < -0.39 is 0 Å². The molecule has 0 saturated heterocycles. The molecule has 2 aromatic rings. The molecule has 18 heavy (non-hydrogen) atoms. The number of benzene rings is 1. The Morgan fingerprint density at radius 2 is 1.89 bits per heavy atom. The number of aromatic nitrogens is 1. The molecule has 1 N–H and O–H groups in total. The van der Waals surface area contributed by atoms with Crippen LogP contribution >= 0.6 is 0 Å². The zero-order chi connectivity index (χ0) is 13.7. The molecule has 0 unspecified atom stereocenters. The quantitative estimate of drug-likeness (QED) is 0.718. The summed E-state index contributed by atoms with van der Waals surface area (Å²) in [5, 5.41) is 1.35. The number of allylic oxidation sites excluding steroid dienone is 1. The normalized spacial score (nSPS) is 9.89. The van der Waals surface area contributed by atoms with Crippen LogP contribution in [0.5, 0.6) is 0 Å². The highest BCUT2D eigenvalue weighted by molar-refractivity contribution is 5.87. The van der Waals surface area contributed by atoms with Gasteiger partial charge in [-0.05, 0) is 50.5 Å². The summed E-state index contributed by atoms with van der Waals surface area (Å²) >= 11 is 0. The van der Waals surface area contributed by atoms with Crippen molar-refractivity contribution in [3.63, 3.8) is 0 Å². The van der Waals surface area contributed by atoms with Crippen LogP contribution in [0, 0.1) is 6.92 Å². The lowest BCUT2D eigenvalue weighted by molar-refractivity contribution is 1.07. The molecule has 0 amide bonds. The maximum atomic E-state index is 3.45. The van der Waals surface area contributed by atoms with E-state index in [1.165, 1.54) is 33.3 Å². The second-order valence-electron chi connectivity index (χ2n) is 4.61. The average molecular weight is 243 g/mol. The number of nitrogens with one attached hydrogen (secondary N) is 1. The molecule has 0 bridgehead atoms. The summed E-state index contributed by atoms with van der Waals surface area (Å²) in [6.45, 7) is 12.7. The largest absolute Gasteiger partial charge is 0.358 e. The van der Waals surface area contributed by atoms with Crippen molar-refractivity contribution in [2.45, 2.75) is 48.0 Å². The van der Waals surface area contributed by atoms with E-state index >= 15 is 0 Å². The fourth-order valence-corrected chi connectivity index (χ4v) is 2.08. The smallest absolute Gasteiger partial charge is 0.0459 e. The van der Waals surface area contributed by atoms with Crippen LogP contribution in [0.3, 0.4) is 0 Å². The van der Waals surface area contributed by atoms with Crippen molar-refractivity contribution >= 4 is 17.0 Å². The molecule has 0 aliphatic heterocycles. The topological polar surface area (TPSA) is 15.8 Å². The van der Waals surface area contributed by atoms with Gasteiger partial charge in [-0.25, -0.2) is 0 Å². The molecule has 0 fully saturated rings. The van der Waals surface area contributed by atoms with Gasteiger partial charge in [0.05, 0.1) is 0 Å². The first-order valence-corrected chi connectivity index (χ1v) is 6.88. The number of aryl methyl sites for hydroxylation is 2. The Labute approximate surface area is 111 Å². The van der Waals surface area contributed by atoms with Crippen LogP contribution in [0.15, 0.2) is 23.8 Å². The van der Waals surface area contributed by atoms with Crippen LogP contribution in [0.25, 0.3) is 17.0 Å². The van der Waals surface area contributed by atoms with Crippen LogP contribution in [-0.4, -0.2) is 4.98 Å². The molecule has 1 nitrogen and oxygen atoms in total. The van der Waals surface area contributed by atoms with Crippen molar-refractivity contribution in [1.29, 1.82) is 0 Å². The summed E-state index contributed by atoms with van der Waals surface area (Å²) in [5.41, 5.74) is 6.60. The highest BCUT2D eigenvalue weighted by Gasteiger charge is 2.04. The summed E-state index contributed by atoms with van der Waals surface area (Å²) in [6.07, 6.45) is 3.31. The van der Waals surface area contributed by atoms with Crippen LogP contribution in [0.4, 0.5) is 0 Å². The number of H-pyrrole nitrogens is 1. The van der Waals surface area contributed by atoms with Crippen molar-refractivity contribution in [2.24, 2.45) is 0 Å². The fourth-order valence-electron chi connectivity index (χ4n) is 2.08. The molecule has 98 valence electrons. The summed E-state index contributed by atoms with van der Waals surface area (Å²) in [4.78, 5) is 3.45. The molecular weight excluding hydrogens is 218 g/mol. The minimum absolute atomic E-state index is 1.06. The third-order valence-electron chi connectivity index (χ3n) is 3.00. The van der Waals surface area contributed by atoms with Gasteiger partial charge in [-0.15, -0.1) is 0 Å². The minimum Gasteiger partial charge on any atom is -0.358 e. The second-order valence-corrected chi connectivity index (χ2v) is 4.61. The first-order valence-electron chi connectivity index (χ1n) is 6.88. The Bertz CT molecular complexity index is 540. The molecule has 1 aromatic carbocycles. The van der Waals surface area contributed by atoms with E-state index in [0.29, 0.717) is 0 Å². The molecule has 0 aliphatic rings. The van der Waals surface area contributed by atoms with Crippen molar-refractivity contribution in [1.82, 2.24) is 4.98 Å². The maximum Gasteiger partial charge on any atom is 0.0459 e. The van der Waals surface area contributed by atoms with E-state index in [9.17, 15) is 0 Å². The van der Waals surface area contributed by atoms with Gasteiger partial charge in [-0.3, -0.25) is 0 Å². The molecule has 0 saturated carbocycles. The minimum atomic E-state index is 1.06. The van der Waals surface area contributed by atoms with Crippen LogP contribution in [-0.2, 0) is 6.42 Å². The molecule has 1 heteroatoms. The Morgan fingerprint density at radius 3 is 2.44 bits per heavy atom. The molecule has 1 aromatic heterocycles. The highest BCUT2D eigenvalue weighted by atomic mass is 14.7. The zero-order valence-corrected chi connectivity index (χ0v) is 12.5. The van der Waals surface area contributed by atoms with Gasteiger partial charge in [0, 0.05) is 16.6 Å². The van der Waals surface area contributed by atoms with Crippen LogP contribution in [0.1, 0.15) is 51.4 Å². The molecule has 0 aliphatic carbocycles.